The molecule has 8 heteroatoms. The molecule has 1 aromatic carbocycles. The van der Waals surface area contributed by atoms with Gasteiger partial charge in [-0.15, -0.1) is 0 Å². The molecule has 0 N–H and O–H groups in total. The molecule has 142 valence electrons. The summed E-state index contributed by atoms with van der Waals surface area (Å²) >= 11 is 5.99. The van der Waals surface area contributed by atoms with Gasteiger partial charge in [-0.3, -0.25) is 18.7 Å². The first-order chi connectivity index (χ1) is 13.3. The number of halogens is 1. The maximum absolute atomic E-state index is 12.9. The van der Waals surface area contributed by atoms with Crippen LogP contribution < -0.4 is 5.56 Å². The van der Waals surface area contributed by atoms with Crippen LogP contribution in [0.4, 0.5) is 0 Å². The summed E-state index contributed by atoms with van der Waals surface area (Å²) in [5.74, 6) is 1.11. The predicted molar refractivity (Wildman–Crippen MR) is 105 cm³/mol. The average Bonchev–Trinajstić information content (AvgIpc) is 3.20. The van der Waals surface area contributed by atoms with Crippen molar-refractivity contribution in [3.63, 3.8) is 0 Å². The Kier molecular flexibility index (Phi) is 4.39. The lowest BCUT2D eigenvalue weighted by Gasteiger charge is -2.07. The summed E-state index contributed by atoms with van der Waals surface area (Å²) in [6.07, 6.45) is 1.39. The number of carbonyl (C=O) groups excluding carboxylic acids is 1. The molecular formula is C20H17ClN4O3. The van der Waals surface area contributed by atoms with Crippen LogP contribution in [0.1, 0.15) is 27.5 Å². The number of nitrogens with zero attached hydrogens (tertiary/aromatic N) is 4. The number of rotatable bonds is 4. The Morgan fingerprint density at radius 2 is 1.96 bits per heavy atom. The molecule has 0 amide bonds. The zero-order valence-electron chi connectivity index (χ0n) is 15.6. The van der Waals surface area contributed by atoms with Crippen LogP contribution in [0.15, 0.2) is 46.0 Å². The third-order valence-corrected chi connectivity index (χ3v) is 4.91. The number of hydrogen-bond acceptors (Lipinski definition) is 5. The number of Topliss-reactive ketones (excluding diaryl/α,β-unsaturated/α-hetero) is 1. The summed E-state index contributed by atoms with van der Waals surface area (Å²) in [7, 11) is 0. The van der Waals surface area contributed by atoms with E-state index in [9.17, 15) is 9.59 Å². The summed E-state index contributed by atoms with van der Waals surface area (Å²) in [5, 5.41) is 4.85. The highest BCUT2D eigenvalue weighted by Gasteiger charge is 2.19. The minimum Gasteiger partial charge on any atom is -0.360 e. The second-order valence-corrected chi connectivity index (χ2v) is 7.11. The molecule has 0 spiro atoms. The fraction of sp³-hybridized carbons (Fsp3) is 0.200. The normalized spacial score (nSPS) is 11.3. The van der Waals surface area contributed by atoms with Crippen LogP contribution in [-0.4, -0.2) is 25.1 Å². The smallest absolute Gasteiger partial charge is 0.261 e. The van der Waals surface area contributed by atoms with E-state index in [0.29, 0.717) is 33.1 Å². The van der Waals surface area contributed by atoms with Crippen LogP contribution in [-0.2, 0) is 6.54 Å². The van der Waals surface area contributed by atoms with Gasteiger partial charge in [0.15, 0.2) is 11.6 Å². The summed E-state index contributed by atoms with van der Waals surface area (Å²) in [6.45, 7) is 5.42. The minimum absolute atomic E-state index is 0.115. The van der Waals surface area contributed by atoms with Crippen LogP contribution in [0.3, 0.4) is 0 Å². The van der Waals surface area contributed by atoms with Gasteiger partial charge in [-0.25, -0.2) is 4.98 Å². The molecule has 0 fully saturated rings. The van der Waals surface area contributed by atoms with Gasteiger partial charge in [0.2, 0.25) is 0 Å². The Hall–Kier alpha value is -3.19. The second kappa shape index (κ2) is 6.76. The van der Waals surface area contributed by atoms with E-state index < -0.39 is 0 Å². The highest BCUT2D eigenvalue weighted by molar-refractivity contribution is 6.31. The van der Waals surface area contributed by atoms with Gasteiger partial charge >= 0.3 is 0 Å². The van der Waals surface area contributed by atoms with Crippen LogP contribution in [0.5, 0.6) is 0 Å². The van der Waals surface area contributed by atoms with Crippen molar-refractivity contribution in [2.45, 2.75) is 27.3 Å². The van der Waals surface area contributed by atoms with E-state index in [0.717, 1.165) is 11.4 Å². The standard InChI is InChI=1S/C20H17ClN4O3/c1-11-6-15(13(3)25(11)19-7-12(2)28-23-19)18(26)9-24-10-22-17-5-4-14(21)8-16(17)20(24)27/h4-8,10H,9H2,1-3H3. The van der Waals surface area contributed by atoms with Gasteiger partial charge in [0.1, 0.15) is 5.76 Å². The van der Waals surface area contributed by atoms with Crippen molar-refractivity contribution in [3.05, 3.63) is 74.7 Å². The van der Waals surface area contributed by atoms with Gasteiger partial charge in [-0.2, -0.15) is 0 Å². The number of aryl methyl sites for hydroxylation is 2. The molecule has 0 radical (unpaired) electrons. The van der Waals surface area contributed by atoms with Gasteiger partial charge < -0.3 is 4.52 Å². The lowest BCUT2D eigenvalue weighted by Crippen LogP contribution is -2.25. The molecule has 0 aliphatic carbocycles. The first-order valence-corrected chi connectivity index (χ1v) is 9.03. The Balaban J connectivity index is 1.71. The van der Waals surface area contributed by atoms with Crippen molar-refractivity contribution >= 4 is 28.3 Å². The lowest BCUT2D eigenvalue weighted by atomic mass is 10.1. The molecule has 4 aromatic rings. The van der Waals surface area contributed by atoms with Crippen molar-refractivity contribution in [2.75, 3.05) is 0 Å². The van der Waals surface area contributed by atoms with Crippen molar-refractivity contribution in [1.29, 1.82) is 0 Å². The van der Waals surface area contributed by atoms with E-state index in [4.69, 9.17) is 16.1 Å². The Bertz CT molecular complexity index is 1280. The first-order valence-electron chi connectivity index (χ1n) is 8.65. The molecule has 4 rings (SSSR count). The average molecular weight is 397 g/mol. The van der Waals surface area contributed by atoms with Crippen molar-refractivity contribution in [1.82, 2.24) is 19.3 Å². The molecule has 0 bridgehead atoms. The van der Waals surface area contributed by atoms with Crippen molar-refractivity contribution in [3.8, 4) is 5.82 Å². The molecule has 0 saturated carbocycles. The van der Waals surface area contributed by atoms with Gasteiger partial charge in [-0.1, -0.05) is 16.8 Å². The number of benzene rings is 1. The second-order valence-electron chi connectivity index (χ2n) is 6.68. The van der Waals surface area contributed by atoms with Crippen LogP contribution in [0.25, 0.3) is 16.7 Å². The summed E-state index contributed by atoms with van der Waals surface area (Å²) in [5.41, 5.74) is 2.35. The van der Waals surface area contributed by atoms with Crippen LogP contribution >= 0.6 is 11.6 Å². The molecule has 0 aliphatic heterocycles. The Morgan fingerprint density at radius 3 is 2.68 bits per heavy atom. The summed E-state index contributed by atoms with van der Waals surface area (Å²) in [6, 6.07) is 8.50. The van der Waals surface area contributed by atoms with Crippen molar-refractivity contribution < 1.29 is 9.32 Å². The highest BCUT2D eigenvalue weighted by Crippen LogP contribution is 2.21. The van der Waals surface area contributed by atoms with Gasteiger partial charge in [0.05, 0.1) is 23.8 Å². The fourth-order valence-electron chi connectivity index (χ4n) is 3.34. The molecular weight excluding hydrogens is 380 g/mol. The molecule has 3 aromatic heterocycles. The van der Waals surface area contributed by atoms with Crippen LogP contribution in [0.2, 0.25) is 5.02 Å². The van der Waals surface area contributed by atoms with E-state index in [1.165, 1.54) is 10.9 Å². The zero-order valence-corrected chi connectivity index (χ0v) is 16.3. The predicted octanol–water partition coefficient (Wildman–Crippen LogP) is 3.64. The number of carbonyl (C=O) groups is 1. The van der Waals surface area contributed by atoms with E-state index in [1.807, 2.05) is 25.3 Å². The molecule has 28 heavy (non-hydrogen) atoms. The van der Waals surface area contributed by atoms with E-state index >= 15 is 0 Å². The third-order valence-electron chi connectivity index (χ3n) is 4.68. The quantitative estimate of drug-likeness (QED) is 0.492. The number of hydrogen-bond donors (Lipinski definition) is 0. The summed E-state index contributed by atoms with van der Waals surface area (Å²) < 4.78 is 8.29. The first kappa shape index (κ1) is 18.2. The largest absolute Gasteiger partial charge is 0.360 e. The van der Waals surface area contributed by atoms with Crippen LogP contribution in [0, 0.1) is 20.8 Å². The topological polar surface area (TPSA) is 82.9 Å². The number of ketones is 1. The number of fused-ring (bicyclic) bond motifs is 1. The summed E-state index contributed by atoms with van der Waals surface area (Å²) in [4.78, 5) is 29.9. The molecule has 7 nitrogen and oxygen atoms in total. The maximum Gasteiger partial charge on any atom is 0.261 e. The zero-order chi connectivity index (χ0) is 20.0. The van der Waals surface area contributed by atoms with Gasteiger partial charge in [0, 0.05) is 28.0 Å². The molecule has 0 aliphatic rings. The molecule has 0 atom stereocenters. The van der Waals surface area contributed by atoms with Crippen molar-refractivity contribution in [2.24, 2.45) is 0 Å². The third kappa shape index (κ3) is 3.03. The van der Waals surface area contributed by atoms with Gasteiger partial charge in [0.25, 0.3) is 5.56 Å². The minimum atomic E-state index is -0.304. The maximum atomic E-state index is 12.9. The SMILES string of the molecule is Cc1cc(-n2c(C)cc(C(=O)Cn3cnc4ccc(Cl)cc4c3=O)c2C)no1. The fourth-order valence-corrected chi connectivity index (χ4v) is 3.51. The molecule has 0 saturated heterocycles. The molecule has 0 unspecified atom stereocenters. The monoisotopic (exact) mass is 396 g/mol. The number of aromatic nitrogens is 4. The Morgan fingerprint density at radius 1 is 1.18 bits per heavy atom. The highest BCUT2D eigenvalue weighted by atomic mass is 35.5. The Labute approximate surface area is 165 Å². The van der Waals surface area contributed by atoms with E-state index in [-0.39, 0.29) is 17.9 Å². The van der Waals surface area contributed by atoms with Gasteiger partial charge in [-0.05, 0) is 45.0 Å². The molecule has 3 heterocycles. The lowest BCUT2D eigenvalue weighted by molar-refractivity contribution is 0.0970. The van der Waals surface area contributed by atoms with E-state index in [1.54, 1.807) is 30.3 Å². The van der Waals surface area contributed by atoms with E-state index in [2.05, 4.69) is 10.1 Å².